The molecule has 8 heteroatoms. The van der Waals surface area contributed by atoms with E-state index >= 15 is 0 Å². The van der Waals surface area contributed by atoms with Gasteiger partial charge in [0.05, 0.1) is 25.4 Å². The molecule has 1 N–H and O–H groups in total. The maximum atomic E-state index is 14.4. The van der Waals surface area contributed by atoms with Crippen LogP contribution in [0.15, 0.2) is 60.9 Å². The Morgan fingerprint density at radius 3 is 2.50 bits per heavy atom. The first-order valence-corrected chi connectivity index (χ1v) is 9.14. The Labute approximate surface area is 172 Å². The number of ether oxygens (including phenoxy) is 3. The van der Waals surface area contributed by atoms with E-state index in [1.165, 1.54) is 6.07 Å². The number of aromatic nitrogens is 3. The molecular weight excluding hydrogens is 387 g/mol. The lowest BCUT2D eigenvalue weighted by Gasteiger charge is -2.11. The highest BCUT2D eigenvalue weighted by Crippen LogP contribution is 2.31. The quantitative estimate of drug-likeness (QED) is 0.484. The Bertz CT molecular complexity index is 1170. The van der Waals surface area contributed by atoms with Crippen LogP contribution in [0.5, 0.6) is 17.2 Å². The number of pyridine rings is 1. The zero-order chi connectivity index (χ0) is 20.9. The Kier molecular flexibility index (Phi) is 5.56. The van der Waals surface area contributed by atoms with Gasteiger partial charge >= 0.3 is 0 Å². The third kappa shape index (κ3) is 4.22. The van der Waals surface area contributed by atoms with Crippen LogP contribution < -0.4 is 19.5 Å². The molecule has 0 aliphatic carbocycles. The van der Waals surface area contributed by atoms with Crippen LogP contribution in [-0.4, -0.2) is 29.2 Å². The molecule has 0 aliphatic heterocycles. The van der Waals surface area contributed by atoms with Crippen molar-refractivity contribution in [2.75, 3.05) is 19.5 Å². The van der Waals surface area contributed by atoms with Gasteiger partial charge in [0.15, 0.2) is 23.1 Å². The van der Waals surface area contributed by atoms with Gasteiger partial charge in [0.1, 0.15) is 6.61 Å². The number of halogens is 1. The molecule has 0 radical (unpaired) electrons. The van der Waals surface area contributed by atoms with Crippen molar-refractivity contribution in [3.05, 3.63) is 72.4 Å². The molecular formula is C22H19FN4O3. The van der Waals surface area contributed by atoms with Gasteiger partial charge in [0.25, 0.3) is 0 Å². The van der Waals surface area contributed by atoms with Crippen LogP contribution >= 0.6 is 0 Å². The van der Waals surface area contributed by atoms with Crippen LogP contribution in [-0.2, 0) is 6.61 Å². The Balaban J connectivity index is 1.51. The monoisotopic (exact) mass is 406 g/mol. The summed E-state index contributed by atoms with van der Waals surface area (Å²) in [5.74, 6) is 1.13. The fourth-order valence-electron chi connectivity index (χ4n) is 2.88. The maximum absolute atomic E-state index is 14.4. The number of hydrogen-bond donors (Lipinski definition) is 1. The third-order valence-electron chi connectivity index (χ3n) is 4.37. The van der Waals surface area contributed by atoms with E-state index in [1.54, 1.807) is 50.9 Å². The smallest absolute Gasteiger partial charge is 0.227 e. The number of rotatable bonds is 7. The minimum absolute atomic E-state index is 0.141. The molecule has 2 heterocycles. The van der Waals surface area contributed by atoms with Crippen molar-refractivity contribution in [2.24, 2.45) is 0 Å². The van der Waals surface area contributed by atoms with Crippen molar-refractivity contribution in [1.29, 1.82) is 0 Å². The average Bonchev–Trinajstić information content (AvgIpc) is 2.78. The predicted molar refractivity (Wildman–Crippen MR) is 111 cm³/mol. The highest BCUT2D eigenvalue weighted by atomic mass is 19.1. The van der Waals surface area contributed by atoms with E-state index in [2.05, 4.69) is 20.3 Å². The predicted octanol–water partition coefficient (Wildman–Crippen LogP) is 4.50. The first-order chi connectivity index (χ1) is 14.7. The topological polar surface area (TPSA) is 78.4 Å². The Morgan fingerprint density at radius 1 is 0.933 bits per heavy atom. The van der Waals surface area contributed by atoms with Crippen LogP contribution in [0.1, 0.15) is 5.69 Å². The van der Waals surface area contributed by atoms with Crippen molar-refractivity contribution in [3.63, 3.8) is 0 Å². The lowest BCUT2D eigenvalue weighted by molar-refractivity contribution is 0.286. The van der Waals surface area contributed by atoms with Gasteiger partial charge < -0.3 is 19.5 Å². The van der Waals surface area contributed by atoms with Gasteiger partial charge in [0, 0.05) is 35.6 Å². The normalized spacial score (nSPS) is 10.6. The molecule has 0 atom stereocenters. The molecule has 7 nitrogen and oxygen atoms in total. The SMILES string of the molecule is COc1cc2cnc(Nc3ccc(OCc4ccccn4)c(F)c3)nc2cc1OC. The zero-order valence-electron chi connectivity index (χ0n) is 16.4. The van der Waals surface area contributed by atoms with Crippen LogP contribution in [0.2, 0.25) is 0 Å². The number of methoxy groups -OCH3 is 2. The molecule has 0 saturated carbocycles. The number of hydrogen-bond acceptors (Lipinski definition) is 7. The Hall–Kier alpha value is -3.94. The molecule has 4 aromatic rings. The third-order valence-corrected chi connectivity index (χ3v) is 4.37. The molecule has 30 heavy (non-hydrogen) atoms. The number of benzene rings is 2. The van der Waals surface area contributed by atoms with Gasteiger partial charge in [-0.2, -0.15) is 0 Å². The van der Waals surface area contributed by atoms with E-state index in [0.29, 0.717) is 28.7 Å². The van der Waals surface area contributed by atoms with E-state index in [1.807, 2.05) is 18.2 Å². The van der Waals surface area contributed by atoms with Gasteiger partial charge in [-0.3, -0.25) is 4.98 Å². The highest BCUT2D eigenvalue weighted by molar-refractivity contribution is 5.83. The number of fused-ring (bicyclic) bond motifs is 1. The molecule has 0 bridgehead atoms. The molecule has 0 fully saturated rings. The van der Waals surface area contributed by atoms with Crippen LogP contribution in [0.3, 0.4) is 0 Å². The van der Waals surface area contributed by atoms with Crippen LogP contribution in [0, 0.1) is 5.82 Å². The molecule has 2 aromatic carbocycles. The van der Waals surface area contributed by atoms with Crippen molar-refractivity contribution in [2.45, 2.75) is 6.61 Å². The summed E-state index contributed by atoms with van der Waals surface area (Å²) in [5.41, 5.74) is 1.88. The average molecular weight is 406 g/mol. The van der Waals surface area contributed by atoms with Gasteiger partial charge in [-0.05, 0) is 30.3 Å². The zero-order valence-corrected chi connectivity index (χ0v) is 16.4. The van der Waals surface area contributed by atoms with Gasteiger partial charge in [0.2, 0.25) is 5.95 Å². The summed E-state index contributed by atoms with van der Waals surface area (Å²) in [6, 6.07) is 13.6. The summed E-state index contributed by atoms with van der Waals surface area (Å²) in [6.45, 7) is 0.184. The molecule has 4 rings (SSSR count). The van der Waals surface area contributed by atoms with E-state index in [0.717, 1.165) is 11.1 Å². The lowest BCUT2D eigenvalue weighted by atomic mass is 10.2. The maximum Gasteiger partial charge on any atom is 0.227 e. The molecule has 0 aliphatic rings. The van der Waals surface area contributed by atoms with Crippen LogP contribution in [0.25, 0.3) is 10.9 Å². The first kappa shape index (κ1) is 19.4. The van der Waals surface area contributed by atoms with E-state index < -0.39 is 5.82 Å². The van der Waals surface area contributed by atoms with E-state index in [9.17, 15) is 4.39 Å². The highest BCUT2D eigenvalue weighted by Gasteiger charge is 2.10. The largest absolute Gasteiger partial charge is 0.493 e. The van der Waals surface area contributed by atoms with Crippen molar-refractivity contribution in [1.82, 2.24) is 15.0 Å². The van der Waals surface area contributed by atoms with Crippen molar-refractivity contribution >= 4 is 22.5 Å². The first-order valence-electron chi connectivity index (χ1n) is 9.14. The second-order valence-corrected chi connectivity index (χ2v) is 6.34. The van der Waals surface area contributed by atoms with Crippen molar-refractivity contribution in [3.8, 4) is 17.2 Å². The van der Waals surface area contributed by atoms with E-state index in [4.69, 9.17) is 14.2 Å². The molecule has 0 saturated heterocycles. The van der Waals surface area contributed by atoms with Gasteiger partial charge in [-0.25, -0.2) is 14.4 Å². The summed E-state index contributed by atoms with van der Waals surface area (Å²) < 4.78 is 30.5. The summed E-state index contributed by atoms with van der Waals surface area (Å²) in [5, 5.41) is 3.80. The molecule has 2 aromatic heterocycles. The van der Waals surface area contributed by atoms with E-state index in [-0.39, 0.29) is 12.4 Å². The minimum Gasteiger partial charge on any atom is -0.493 e. The number of nitrogens with zero attached hydrogens (tertiary/aromatic N) is 3. The summed E-state index contributed by atoms with van der Waals surface area (Å²) in [6.07, 6.45) is 3.32. The summed E-state index contributed by atoms with van der Waals surface area (Å²) >= 11 is 0. The fourth-order valence-corrected chi connectivity index (χ4v) is 2.88. The lowest BCUT2D eigenvalue weighted by Crippen LogP contribution is -2.01. The fraction of sp³-hybridized carbons (Fsp3) is 0.136. The summed E-state index contributed by atoms with van der Waals surface area (Å²) in [7, 11) is 3.13. The molecule has 152 valence electrons. The second kappa shape index (κ2) is 8.60. The van der Waals surface area contributed by atoms with Crippen LogP contribution in [0.4, 0.5) is 16.0 Å². The number of anilines is 2. The Morgan fingerprint density at radius 2 is 1.77 bits per heavy atom. The standard InChI is InChI=1S/C22H19FN4O3/c1-28-20-9-14-12-25-22(27-18(14)11-21(20)29-2)26-15-6-7-19(17(23)10-15)30-13-16-5-3-4-8-24-16/h3-12H,13H2,1-2H3,(H,25,26,27). The summed E-state index contributed by atoms with van der Waals surface area (Å²) in [4.78, 5) is 12.9. The molecule has 0 unspecified atom stereocenters. The van der Waals surface area contributed by atoms with Gasteiger partial charge in [-0.15, -0.1) is 0 Å². The minimum atomic E-state index is -0.497. The van der Waals surface area contributed by atoms with Gasteiger partial charge in [-0.1, -0.05) is 6.07 Å². The number of nitrogens with one attached hydrogen (secondary N) is 1. The second-order valence-electron chi connectivity index (χ2n) is 6.34. The molecule has 0 amide bonds. The van der Waals surface area contributed by atoms with Crippen molar-refractivity contribution < 1.29 is 18.6 Å². The molecule has 0 spiro atoms.